The number of hydrogen-bond donors (Lipinski definition) is 0. The molecule has 0 aliphatic heterocycles. The van der Waals surface area contributed by atoms with Crippen LogP contribution in [-0.4, -0.2) is 24.6 Å². The quantitative estimate of drug-likeness (QED) is 0.457. The van der Waals surface area contributed by atoms with E-state index in [9.17, 15) is 9.59 Å². The lowest BCUT2D eigenvalue weighted by Crippen LogP contribution is -2.32. The highest BCUT2D eigenvalue weighted by Crippen LogP contribution is 2.19. The van der Waals surface area contributed by atoms with Crippen LogP contribution in [0.1, 0.15) is 52.5 Å². The molecule has 25 heavy (non-hydrogen) atoms. The van der Waals surface area contributed by atoms with E-state index >= 15 is 0 Å². The Morgan fingerprint density at radius 3 is 2.40 bits per heavy atom. The lowest BCUT2D eigenvalue weighted by molar-refractivity contribution is -0.159. The molecule has 0 fully saturated rings. The highest BCUT2D eigenvalue weighted by atomic mass is 16.6. The molecule has 4 nitrogen and oxygen atoms in total. The van der Waals surface area contributed by atoms with Crippen molar-refractivity contribution < 1.29 is 19.1 Å². The first-order valence-corrected chi connectivity index (χ1v) is 9.04. The highest BCUT2D eigenvalue weighted by Gasteiger charge is 2.28. The van der Waals surface area contributed by atoms with Crippen molar-refractivity contribution in [3.05, 3.63) is 42.0 Å². The lowest BCUT2D eigenvalue weighted by atomic mass is 9.97. The average Bonchev–Trinajstić information content (AvgIpc) is 2.59. The van der Waals surface area contributed by atoms with E-state index < -0.39 is 18.0 Å². The fourth-order valence-electron chi connectivity index (χ4n) is 2.36. The van der Waals surface area contributed by atoms with Crippen LogP contribution in [0.3, 0.4) is 0 Å². The monoisotopic (exact) mass is 346 g/mol. The summed E-state index contributed by atoms with van der Waals surface area (Å²) in [4.78, 5) is 24.4. The summed E-state index contributed by atoms with van der Waals surface area (Å²) in [6.07, 6.45) is 5.10. The molecule has 2 unspecified atom stereocenters. The Kier molecular flexibility index (Phi) is 9.60. The van der Waals surface area contributed by atoms with Gasteiger partial charge in [0.15, 0.2) is 0 Å². The van der Waals surface area contributed by atoms with Gasteiger partial charge in [-0.25, -0.2) is 4.79 Å². The predicted octanol–water partition coefficient (Wildman–Crippen LogP) is 4.64. The van der Waals surface area contributed by atoms with Crippen LogP contribution in [0.15, 0.2) is 36.4 Å². The average molecular weight is 346 g/mol. The first-order valence-electron chi connectivity index (χ1n) is 9.04. The molecule has 138 valence electrons. The van der Waals surface area contributed by atoms with Crippen molar-refractivity contribution in [1.29, 1.82) is 0 Å². The van der Waals surface area contributed by atoms with Gasteiger partial charge in [-0.2, -0.15) is 0 Å². The zero-order valence-electron chi connectivity index (χ0n) is 15.7. The molecule has 0 spiro atoms. The summed E-state index contributed by atoms with van der Waals surface area (Å²) in [6.45, 7) is 8.19. The van der Waals surface area contributed by atoms with Gasteiger partial charge in [0.2, 0.25) is 0 Å². The largest absolute Gasteiger partial charge is 0.465 e. The van der Waals surface area contributed by atoms with Crippen LogP contribution in [0.4, 0.5) is 0 Å². The van der Waals surface area contributed by atoms with Crippen molar-refractivity contribution in [2.24, 2.45) is 11.8 Å². The van der Waals surface area contributed by atoms with Crippen LogP contribution in [0.25, 0.3) is 6.08 Å². The van der Waals surface area contributed by atoms with E-state index in [1.165, 1.54) is 6.08 Å². The molecule has 4 heteroatoms. The second-order valence-electron chi connectivity index (χ2n) is 6.66. The maximum atomic E-state index is 12.3. The third-order valence-electron chi connectivity index (χ3n) is 3.81. The van der Waals surface area contributed by atoms with Crippen molar-refractivity contribution in [1.82, 2.24) is 0 Å². The van der Waals surface area contributed by atoms with E-state index in [1.807, 2.05) is 44.2 Å². The smallest absolute Gasteiger partial charge is 0.331 e. The minimum absolute atomic E-state index is 0.280. The molecule has 0 radical (unpaired) electrons. The van der Waals surface area contributed by atoms with E-state index in [0.717, 1.165) is 18.4 Å². The SMILES string of the molecule is CCCCC(C(=O)OCC(C)C)C(C)OC(=O)C=Cc1ccccc1. The Morgan fingerprint density at radius 2 is 1.80 bits per heavy atom. The third-order valence-corrected chi connectivity index (χ3v) is 3.81. The molecule has 0 saturated carbocycles. The van der Waals surface area contributed by atoms with Crippen molar-refractivity contribution >= 4 is 18.0 Å². The second-order valence-corrected chi connectivity index (χ2v) is 6.66. The number of rotatable bonds is 10. The summed E-state index contributed by atoms with van der Waals surface area (Å²) >= 11 is 0. The molecular formula is C21H30O4. The van der Waals surface area contributed by atoms with Crippen LogP contribution >= 0.6 is 0 Å². The molecule has 0 bridgehead atoms. The zero-order valence-corrected chi connectivity index (χ0v) is 15.7. The van der Waals surface area contributed by atoms with Crippen molar-refractivity contribution in [3.63, 3.8) is 0 Å². The number of hydrogen-bond acceptors (Lipinski definition) is 4. The maximum absolute atomic E-state index is 12.3. The molecular weight excluding hydrogens is 316 g/mol. The number of benzene rings is 1. The normalized spacial score (nSPS) is 13.6. The van der Waals surface area contributed by atoms with Gasteiger partial charge in [0.25, 0.3) is 0 Å². The summed E-state index contributed by atoms with van der Waals surface area (Å²) in [7, 11) is 0. The van der Waals surface area contributed by atoms with Gasteiger partial charge >= 0.3 is 11.9 Å². The van der Waals surface area contributed by atoms with Crippen LogP contribution < -0.4 is 0 Å². The van der Waals surface area contributed by atoms with E-state index in [-0.39, 0.29) is 11.9 Å². The van der Waals surface area contributed by atoms with Gasteiger partial charge < -0.3 is 9.47 Å². The Bertz CT molecular complexity index is 548. The molecule has 2 atom stereocenters. The number of carbonyl (C=O) groups is 2. The molecule has 0 N–H and O–H groups in total. The topological polar surface area (TPSA) is 52.6 Å². The minimum atomic E-state index is -0.515. The minimum Gasteiger partial charge on any atom is -0.465 e. The van der Waals surface area contributed by atoms with Crippen LogP contribution in [-0.2, 0) is 19.1 Å². The number of esters is 2. The van der Waals surface area contributed by atoms with Gasteiger partial charge in [0.05, 0.1) is 12.5 Å². The summed E-state index contributed by atoms with van der Waals surface area (Å²) in [5, 5.41) is 0. The lowest BCUT2D eigenvalue weighted by Gasteiger charge is -2.22. The fourth-order valence-corrected chi connectivity index (χ4v) is 2.36. The fraction of sp³-hybridized carbons (Fsp3) is 0.524. The van der Waals surface area contributed by atoms with Gasteiger partial charge in [-0.05, 0) is 30.9 Å². The first kappa shape index (κ1) is 20.9. The van der Waals surface area contributed by atoms with Gasteiger partial charge in [-0.15, -0.1) is 0 Å². The zero-order chi connectivity index (χ0) is 18.7. The molecule has 0 aliphatic carbocycles. The van der Waals surface area contributed by atoms with Crippen LogP contribution in [0.5, 0.6) is 0 Å². The summed E-state index contributed by atoms with van der Waals surface area (Å²) in [5.41, 5.74) is 0.922. The number of carbonyl (C=O) groups excluding carboxylic acids is 2. The van der Waals surface area contributed by atoms with E-state index in [1.54, 1.807) is 13.0 Å². The van der Waals surface area contributed by atoms with Crippen molar-refractivity contribution in [2.45, 2.75) is 53.1 Å². The standard InChI is InChI=1S/C21H30O4/c1-5-6-12-19(21(23)24-15-16(2)3)17(4)25-20(22)14-13-18-10-8-7-9-11-18/h7-11,13-14,16-17,19H,5-6,12,15H2,1-4H3. The summed E-state index contributed by atoms with van der Waals surface area (Å²) < 4.78 is 10.8. The Morgan fingerprint density at radius 1 is 1.12 bits per heavy atom. The molecule has 0 aliphatic rings. The molecule has 1 aromatic rings. The Hall–Kier alpha value is -2.10. The number of unbranched alkanes of at least 4 members (excludes halogenated alkanes) is 1. The Balaban J connectivity index is 2.63. The maximum Gasteiger partial charge on any atom is 0.331 e. The highest BCUT2D eigenvalue weighted by molar-refractivity contribution is 5.87. The third kappa shape index (κ3) is 8.52. The van der Waals surface area contributed by atoms with Gasteiger partial charge in [0, 0.05) is 6.08 Å². The first-order chi connectivity index (χ1) is 11.9. The molecule has 0 aromatic heterocycles. The summed E-state index contributed by atoms with van der Waals surface area (Å²) in [6, 6.07) is 9.53. The Labute approximate surface area is 151 Å². The van der Waals surface area contributed by atoms with Crippen LogP contribution in [0, 0.1) is 11.8 Å². The van der Waals surface area contributed by atoms with E-state index in [4.69, 9.17) is 9.47 Å². The second kappa shape index (κ2) is 11.5. The molecule has 0 heterocycles. The molecule has 1 rings (SSSR count). The van der Waals surface area contributed by atoms with Gasteiger partial charge in [-0.3, -0.25) is 4.79 Å². The van der Waals surface area contributed by atoms with E-state index in [2.05, 4.69) is 6.92 Å². The van der Waals surface area contributed by atoms with Crippen molar-refractivity contribution in [2.75, 3.05) is 6.61 Å². The molecule has 0 amide bonds. The molecule has 0 saturated heterocycles. The predicted molar refractivity (Wildman–Crippen MR) is 99.8 cm³/mol. The van der Waals surface area contributed by atoms with Gasteiger partial charge in [0.1, 0.15) is 6.10 Å². The van der Waals surface area contributed by atoms with Crippen molar-refractivity contribution in [3.8, 4) is 0 Å². The summed E-state index contributed by atoms with van der Waals surface area (Å²) in [5.74, 6) is -0.876. The molecule has 1 aromatic carbocycles. The van der Waals surface area contributed by atoms with Gasteiger partial charge in [-0.1, -0.05) is 63.9 Å². The van der Waals surface area contributed by atoms with Crippen LogP contribution in [0.2, 0.25) is 0 Å². The van der Waals surface area contributed by atoms with E-state index in [0.29, 0.717) is 13.0 Å². The number of ether oxygens (including phenoxy) is 2.